The van der Waals surface area contributed by atoms with Crippen LogP contribution in [0.15, 0.2) is 27.2 Å². The zero-order valence-corrected chi connectivity index (χ0v) is 13.9. The number of aromatic nitrogens is 1. The van der Waals surface area contributed by atoms with Crippen LogP contribution in [0, 0.1) is 13.8 Å². The summed E-state index contributed by atoms with van der Waals surface area (Å²) in [6.45, 7) is 5.19. The van der Waals surface area contributed by atoms with Crippen molar-refractivity contribution in [2.24, 2.45) is 0 Å². The third-order valence-electron chi connectivity index (χ3n) is 3.74. The fourth-order valence-corrected chi connectivity index (χ4v) is 2.57. The van der Waals surface area contributed by atoms with Gasteiger partial charge in [0.25, 0.3) is 0 Å². The van der Waals surface area contributed by atoms with E-state index < -0.39 is 0 Å². The van der Waals surface area contributed by atoms with Crippen molar-refractivity contribution in [3.8, 4) is 5.75 Å². The van der Waals surface area contributed by atoms with Crippen LogP contribution in [-0.4, -0.2) is 11.2 Å². The van der Waals surface area contributed by atoms with E-state index in [1.165, 1.54) is 18.4 Å². The molecule has 112 valence electrons. The summed E-state index contributed by atoms with van der Waals surface area (Å²) in [5.41, 5.74) is 3.13. The third kappa shape index (κ3) is 3.66. The predicted molar refractivity (Wildman–Crippen MR) is 84.3 cm³/mol. The Morgan fingerprint density at radius 3 is 2.86 bits per heavy atom. The van der Waals surface area contributed by atoms with Gasteiger partial charge >= 0.3 is 0 Å². The van der Waals surface area contributed by atoms with Crippen molar-refractivity contribution >= 4 is 15.9 Å². The predicted octanol–water partition coefficient (Wildman–Crippen LogP) is 3.88. The lowest BCUT2D eigenvalue weighted by Gasteiger charge is -2.10. The van der Waals surface area contributed by atoms with Gasteiger partial charge in [0.15, 0.2) is 0 Å². The van der Waals surface area contributed by atoms with E-state index in [0.29, 0.717) is 12.6 Å². The molecule has 0 radical (unpaired) electrons. The van der Waals surface area contributed by atoms with Gasteiger partial charge in [-0.3, -0.25) is 0 Å². The summed E-state index contributed by atoms with van der Waals surface area (Å²) >= 11 is 3.59. The van der Waals surface area contributed by atoms with Crippen LogP contribution < -0.4 is 10.1 Å². The summed E-state index contributed by atoms with van der Waals surface area (Å²) in [6.07, 6.45) is 2.58. The third-order valence-corrected chi connectivity index (χ3v) is 4.51. The average Bonchev–Trinajstić information content (AvgIpc) is 3.24. The number of halogens is 1. The number of nitrogens with zero attached hydrogens (tertiary/aromatic N) is 1. The topological polar surface area (TPSA) is 47.3 Å². The molecule has 4 nitrogen and oxygen atoms in total. The minimum atomic E-state index is 0.484. The molecule has 0 bridgehead atoms. The molecule has 1 aromatic heterocycles. The Kier molecular flexibility index (Phi) is 4.31. The molecule has 2 aromatic rings. The number of ether oxygens (including phenoxy) is 1. The number of rotatable bonds is 6. The summed E-state index contributed by atoms with van der Waals surface area (Å²) in [6, 6.07) is 6.79. The molecular formula is C16H19BrN2O2. The van der Waals surface area contributed by atoms with Gasteiger partial charge in [-0.05, 0) is 50.5 Å². The molecule has 1 aromatic carbocycles. The first kappa shape index (κ1) is 14.6. The molecule has 0 atom stereocenters. The van der Waals surface area contributed by atoms with Gasteiger partial charge in [0.1, 0.15) is 18.1 Å². The van der Waals surface area contributed by atoms with Crippen LogP contribution in [0.25, 0.3) is 0 Å². The van der Waals surface area contributed by atoms with Crippen molar-refractivity contribution < 1.29 is 9.26 Å². The van der Waals surface area contributed by atoms with Crippen LogP contribution in [0.5, 0.6) is 5.75 Å². The Morgan fingerprint density at radius 2 is 2.19 bits per heavy atom. The number of hydrogen-bond donors (Lipinski definition) is 1. The molecule has 1 fully saturated rings. The largest absolute Gasteiger partial charge is 0.489 e. The van der Waals surface area contributed by atoms with Gasteiger partial charge in [0.2, 0.25) is 0 Å². The fraction of sp³-hybridized carbons (Fsp3) is 0.438. The molecule has 5 heteroatoms. The van der Waals surface area contributed by atoms with Crippen molar-refractivity contribution in [2.75, 3.05) is 0 Å². The van der Waals surface area contributed by atoms with E-state index in [1.54, 1.807) is 0 Å². The second-order valence-electron chi connectivity index (χ2n) is 5.50. The van der Waals surface area contributed by atoms with Crippen LogP contribution in [0.2, 0.25) is 0 Å². The number of aryl methyl sites for hydroxylation is 2. The highest BCUT2D eigenvalue weighted by atomic mass is 79.9. The van der Waals surface area contributed by atoms with Gasteiger partial charge in [-0.2, -0.15) is 0 Å². The molecule has 1 N–H and O–H groups in total. The van der Waals surface area contributed by atoms with Crippen molar-refractivity contribution in [1.29, 1.82) is 0 Å². The summed E-state index contributed by atoms with van der Waals surface area (Å²) in [4.78, 5) is 0. The standard InChI is InChI=1S/C16H19BrN2O2/c1-10-15(11(2)21-19-10)9-20-14-5-6-16(17)12(7-14)8-18-13-3-4-13/h5-7,13,18H,3-4,8-9H2,1-2H3. The minimum Gasteiger partial charge on any atom is -0.489 e. The van der Waals surface area contributed by atoms with E-state index in [9.17, 15) is 0 Å². The first-order valence-electron chi connectivity index (χ1n) is 7.20. The molecule has 1 saturated carbocycles. The van der Waals surface area contributed by atoms with Crippen molar-refractivity contribution in [3.63, 3.8) is 0 Å². The van der Waals surface area contributed by atoms with Gasteiger partial charge in [0, 0.05) is 17.1 Å². The highest BCUT2D eigenvalue weighted by Gasteiger charge is 2.20. The summed E-state index contributed by atoms with van der Waals surface area (Å²) in [5.74, 6) is 1.69. The Hall–Kier alpha value is -1.33. The van der Waals surface area contributed by atoms with Crippen LogP contribution >= 0.6 is 15.9 Å². The van der Waals surface area contributed by atoms with Crippen molar-refractivity contribution in [2.45, 2.75) is 45.9 Å². The van der Waals surface area contributed by atoms with Gasteiger partial charge in [0.05, 0.1) is 11.3 Å². The number of nitrogens with one attached hydrogen (secondary N) is 1. The molecule has 0 amide bonds. The maximum Gasteiger partial charge on any atom is 0.140 e. The van der Waals surface area contributed by atoms with E-state index in [4.69, 9.17) is 9.26 Å². The Balaban J connectivity index is 1.66. The van der Waals surface area contributed by atoms with Gasteiger partial charge in [-0.25, -0.2) is 0 Å². The SMILES string of the molecule is Cc1noc(C)c1COc1ccc(Br)c(CNC2CC2)c1. The molecule has 1 aliphatic carbocycles. The number of hydrogen-bond acceptors (Lipinski definition) is 4. The zero-order valence-electron chi connectivity index (χ0n) is 12.3. The van der Waals surface area contributed by atoms with Gasteiger partial charge in [-0.1, -0.05) is 21.1 Å². The molecule has 0 saturated heterocycles. The van der Waals surface area contributed by atoms with Crippen molar-refractivity contribution in [3.05, 3.63) is 45.3 Å². The summed E-state index contributed by atoms with van der Waals surface area (Å²) in [7, 11) is 0. The average molecular weight is 351 g/mol. The van der Waals surface area contributed by atoms with Crippen LogP contribution in [0.1, 0.15) is 35.4 Å². The summed E-state index contributed by atoms with van der Waals surface area (Å²) in [5, 5.41) is 7.46. The quantitative estimate of drug-likeness (QED) is 0.858. The van der Waals surface area contributed by atoms with Crippen LogP contribution in [0.3, 0.4) is 0 Å². The van der Waals surface area contributed by atoms with E-state index in [0.717, 1.165) is 33.8 Å². The molecule has 0 spiro atoms. The van der Waals surface area contributed by atoms with E-state index in [2.05, 4.69) is 32.5 Å². The first-order valence-corrected chi connectivity index (χ1v) is 7.99. The first-order chi connectivity index (χ1) is 10.1. The second kappa shape index (κ2) is 6.20. The maximum atomic E-state index is 5.88. The highest BCUT2D eigenvalue weighted by Crippen LogP contribution is 2.26. The zero-order chi connectivity index (χ0) is 14.8. The molecule has 3 rings (SSSR count). The lowest BCUT2D eigenvalue weighted by molar-refractivity contribution is 0.301. The summed E-state index contributed by atoms with van der Waals surface area (Å²) < 4.78 is 12.1. The molecule has 21 heavy (non-hydrogen) atoms. The lowest BCUT2D eigenvalue weighted by atomic mass is 10.2. The molecular weight excluding hydrogens is 332 g/mol. The normalized spacial score (nSPS) is 14.4. The van der Waals surface area contributed by atoms with Gasteiger partial charge < -0.3 is 14.6 Å². The monoisotopic (exact) mass is 350 g/mol. The highest BCUT2D eigenvalue weighted by molar-refractivity contribution is 9.10. The maximum absolute atomic E-state index is 5.88. The smallest absolute Gasteiger partial charge is 0.140 e. The molecule has 0 unspecified atom stereocenters. The van der Waals surface area contributed by atoms with E-state index in [-0.39, 0.29) is 0 Å². The Bertz CT molecular complexity index is 616. The van der Waals surface area contributed by atoms with Gasteiger partial charge in [-0.15, -0.1) is 0 Å². The Morgan fingerprint density at radius 1 is 1.38 bits per heavy atom. The van der Waals surface area contributed by atoms with Crippen LogP contribution in [0.4, 0.5) is 0 Å². The van der Waals surface area contributed by atoms with Crippen molar-refractivity contribution in [1.82, 2.24) is 10.5 Å². The Labute approximate surface area is 133 Å². The molecule has 1 aliphatic rings. The number of benzene rings is 1. The van der Waals surface area contributed by atoms with E-state index >= 15 is 0 Å². The van der Waals surface area contributed by atoms with Crippen LogP contribution in [-0.2, 0) is 13.2 Å². The molecule has 0 aliphatic heterocycles. The molecule has 1 heterocycles. The second-order valence-corrected chi connectivity index (χ2v) is 6.35. The lowest BCUT2D eigenvalue weighted by Crippen LogP contribution is -2.15. The fourth-order valence-electron chi connectivity index (χ4n) is 2.18. The minimum absolute atomic E-state index is 0.484. The van der Waals surface area contributed by atoms with E-state index in [1.807, 2.05) is 26.0 Å².